The van der Waals surface area contributed by atoms with Gasteiger partial charge in [0.2, 0.25) is 0 Å². The fraction of sp³-hybridized carbons (Fsp3) is 0.941. The predicted molar refractivity (Wildman–Crippen MR) is 83.0 cm³/mol. The Labute approximate surface area is 127 Å². The van der Waals surface area contributed by atoms with Gasteiger partial charge >= 0.3 is 6.03 Å². The summed E-state index contributed by atoms with van der Waals surface area (Å²) >= 11 is 0. The number of urea groups is 1. The van der Waals surface area contributed by atoms with Crippen LogP contribution in [-0.2, 0) is 0 Å². The summed E-state index contributed by atoms with van der Waals surface area (Å²) in [6.07, 6.45) is 10.4. The molecule has 21 heavy (non-hydrogen) atoms. The van der Waals surface area contributed by atoms with Gasteiger partial charge in [0.1, 0.15) is 0 Å². The zero-order valence-corrected chi connectivity index (χ0v) is 13.0. The summed E-state index contributed by atoms with van der Waals surface area (Å²) in [4.78, 5) is 12.3. The number of carbonyl (C=O) groups is 1. The molecule has 4 nitrogen and oxygen atoms in total. The van der Waals surface area contributed by atoms with Crippen LogP contribution in [0.2, 0.25) is 0 Å². The molecule has 0 radical (unpaired) electrons. The Morgan fingerprint density at radius 2 is 1.76 bits per heavy atom. The molecule has 5 fully saturated rings. The molecular weight excluding hydrogens is 262 g/mol. The first-order chi connectivity index (χ1) is 10.2. The molecule has 3 N–H and O–H groups in total. The molecule has 5 aliphatic rings. The lowest BCUT2D eigenvalue weighted by Crippen LogP contribution is -2.61. The highest BCUT2D eigenvalue weighted by Crippen LogP contribution is 2.55. The number of hydrogen-bond acceptors (Lipinski definition) is 2. The molecule has 2 amide bonds. The molecule has 4 saturated carbocycles. The SMILES string of the molecule is O=C(NCCC1CCNC1)NC12CC3CC(CC(C3)C1)C2. The van der Waals surface area contributed by atoms with Crippen molar-refractivity contribution in [2.75, 3.05) is 19.6 Å². The monoisotopic (exact) mass is 291 g/mol. The summed E-state index contributed by atoms with van der Waals surface area (Å²) in [5.74, 6) is 3.42. The minimum atomic E-state index is 0.0860. The molecule has 4 heteroatoms. The molecule has 4 aliphatic carbocycles. The molecule has 1 aliphatic heterocycles. The van der Waals surface area contributed by atoms with Crippen molar-refractivity contribution in [3.63, 3.8) is 0 Å². The number of nitrogens with one attached hydrogen (secondary N) is 3. The van der Waals surface area contributed by atoms with Crippen LogP contribution in [0.3, 0.4) is 0 Å². The summed E-state index contributed by atoms with van der Waals surface area (Å²) in [7, 11) is 0. The van der Waals surface area contributed by atoms with Crippen molar-refractivity contribution in [3.8, 4) is 0 Å². The highest BCUT2D eigenvalue weighted by molar-refractivity contribution is 5.74. The van der Waals surface area contributed by atoms with Gasteiger partial charge in [-0.15, -0.1) is 0 Å². The topological polar surface area (TPSA) is 53.2 Å². The average Bonchev–Trinajstić information content (AvgIpc) is 2.89. The summed E-state index contributed by atoms with van der Waals surface area (Å²) in [5.41, 5.74) is 0.147. The van der Waals surface area contributed by atoms with Gasteiger partial charge in [-0.2, -0.15) is 0 Å². The second-order valence-corrected chi connectivity index (χ2v) is 8.23. The molecule has 0 spiro atoms. The molecule has 1 saturated heterocycles. The number of amides is 2. The van der Waals surface area contributed by atoms with Gasteiger partial charge in [0.25, 0.3) is 0 Å². The van der Waals surface area contributed by atoms with Crippen LogP contribution in [0.1, 0.15) is 51.4 Å². The zero-order valence-electron chi connectivity index (χ0n) is 13.0. The lowest BCUT2D eigenvalue weighted by atomic mass is 9.53. The third-order valence-electron chi connectivity index (χ3n) is 6.42. The van der Waals surface area contributed by atoms with E-state index in [2.05, 4.69) is 16.0 Å². The van der Waals surface area contributed by atoms with Crippen molar-refractivity contribution in [1.82, 2.24) is 16.0 Å². The Morgan fingerprint density at radius 3 is 2.33 bits per heavy atom. The fourth-order valence-corrected chi connectivity index (χ4v) is 5.90. The average molecular weight is 291 g/mol. The third kappa shape index (κ3) is 2.92. The van der Waals surface area contributed by atoms with Crippen molar-refractivity contribution >= 4 is 6.03 Å². The minimum absolute atomic E-state index is 0.0860. The van der Waals surface area contributed by atoms with E-state index in [1.54, 1.807) is 0 Å². The lowest BCUT2D eigenvalue weighted by molar-refractivity contribution is -0.0135. The van der Waals surface area contributed by atoms with Crippen molar-refractivity contribution in [1.29, 1.82) is 0 Å². The van der Waals surface area contributed by atoms with Crippen molar-refractivity contribution < 1.29 is 4.79 Å². The van der Waals surface area contributed by atoms with Gasteiger partial charge in [-0.05, 0) is 88.1 Å². The molecule has 0 aromatic heterocycles. The van der Waals surface area contributed by atoms with Crippen LogP contribution in [0.25, 0.3) is 0 Å². The van der Waals surface area contributed by atoms with E-state index < -0.39 is 0 Å². The Balaban J connectivity index is 1.26. The number of rotatable bonds is 4. The first-order valence-corrected chi connectivity index (χ1v) is 8.97. The van der Waals surface area contributed by atoms with E-state index in [1.807, 2.05) is 0 Å². The van der Waals surface area contributed by atoms with E-state index in [0.29, 0.717) is 0 Å². The lowest BCUT2D eigenvalue weighted by Gasteiger charge is -2.56. The summed E-state index contributed by atoms with van der Waals surface area (Å²) in [6, 6.07) is 0.0860. The summed E-state index contributed by atoms with van der Waals surface area (Å²) < 4.78 is 0. The van der Waals surface area contributed by atoms with Crippen LogP contribution >= 0.6 is 0 Å². The van der Waals surface area contributed by atoms with E-state index in [1.165, 1.54) is 44.9 Å². The quantitative estimate of drug-likeness (QED) is 0.744. The van der Waals surface area contributed by atoms with Crippen LogP contribution in [0.15, 0.2) is 0 Å². The van der Waals surface area contributed by atoms with Gasteiger partial charge in [0.05, 0.1) is 0 Å². The number of carbonyl (C=O) groups excluding carboxylic acids is 1. The van der Waals surface area contributed by atoms with E-state index in [-0.39, 0.29) is 11.6 Å². The first-order valence-electron chi connectivity index (χ1n) is 8.97. The maximum absolute atomic E-state index is 12.3. The maximum Gasteiger partial charge on any atom is 0.315 e. The van der Waals surface area contributed by atoms with Crippen LogP contribution in [-0.4, -0.2) is 31.2 Å². The van der Waals surface area contributed by atoms with Gasteiger partial charge in [-0.1, -0.05) is 0 Å². The van der Waals surface area contributed by atoms with E-state index >= 15 is 0 Å². The fourth-order valence-electron chi connectivity index (χ4n) is 5.90. The van der Waals surface area contributed by atoms with Gasteiger partial charge < -0.3 is 16.0 Å². The Morgan fingerprint density at radius 1 is 1.10 bits per heavy atom. The Kier molecular flexibility index (Phi) is 3.60. The largest absolute Gasteiger partial charge is 0.338 e. The van der Waals surface area contributed by atoms with Crippen LogP contribution in [0.5, 0.6) is 0 Å². The predicted octanol–water partition coefficient (Wildman–Crippen LogP) is 2.25. The van der Waals surface area contributed by atoms with Crippen molar-refractivity contribution in [2.45, 2.75) is 56.9 Å². The highest BCUT2D eigenvalue weighted by atomic mass is 16.2. The second-order valence-electron chi connectivity index (χ2n) is 8.23. The van der Waals surface area contributed by atoms with Crippen LogP contribution in [0.4, 0.5) is 4.79 Å². The Hall–Kier alpha value is -0.770. The van der Waals surface area contributed by atoms with Crippen molar-refractivity contribution in [3.05, 3.63) is 0 Å². The molecule has 0 aromatic carbocycles. The smallest absolute Gasteiger partial charge is 0.315 e. The van der Waals surface area contributed by atoms with Crippen molar-refractivity contribution in [2.24, 2.45) is 23.7 Å². The van der Waals surface area contributed by atoms with Gasteiger partial charge in [-0.25, -0.2) is 4.79 Å². The van der Waals surface area contributed by atoms with E-state index in [0.717, 1.165) is 49.7 Å². The molecule has 1 unspecified atom stereocenters. The van der Waals surface area contributed by atoms with Crippen LogP contribution < -0.4 is 16.0 Å². The van der Waals surface area contributed by atoms with Crippen LogP contribution in [0, 0.1) is 23.7 Å². The molecule has 1 heterocycles. The van der Waals surface area contributed by atoms with E-state index in [9.17, 15) is 4.79 Å². The molecule has 5 rings (SSSR count). The maximum atomic E-state index is 12.3. The number of hydrogen-bond donors (Lipinski definition) is 3. The first kappa shape index (κ1) is 13.9. The summed E-state index contributed by atoms with van der Waals surface area (Å²) in [6.45, 7) is 3.09. The molecule has 4 bridgehead atoms. The third-order valence-corrected chi connectivity index (χ3v) is 6.42. The standard InChI is InChI=1S/C17H29N3O/c21-16(19-4-2-12-1-3-18-11-12)20-17-8-13-5-14(9-17)7-15(6-13)10-17/h12-15,18H,1-11H2,(H2,19,20,21). The van der Waals surface area contributed by atoms with E-state index in [4.69, 9.17) is 0 Å². The minimum Gasteiger partial charge on any atom is -0.338 e. The molecule has 118 valence electrons. The summed E-state index contributed by atoms with van der Waals surface area (Å²) in [5, 5.41) is 9.88. The molecular formula is C17H29N3O. The van der Waals surface area contributed by atoms with Gasteiger partial charge in [0, 0.05) is 12.1 Å². The molecule has 1 atom stereocenters. The van der Waals surface area contributed by atoms with Gasteiger partial charge in [-0.3, -0.25) is 0 Å². The normalized spacial score (nSPS) is 44.0. The zero-order chi connectivity index (χ0) is 14.3. The molecule has 0 aromatic rings. The van der Waals surface area contributed by atoms with Gasteiger partial charge in [0.15, 0.2) is 0 Å². The Bertz CT molecular complexity index is 368. The highest BCUT2D eigenvalue weighted by Gasteiger charge is 2.51. The second kappa shape index (κ2) is 5.45.